The van der Waals surface area contributed by atoms with Gasteiger partial charge in [-0.1, -0.05) is 44.2 Å². The van der Waals surface area contributed by atoms with Crippen LogP contribution in [-0.2, 0) is 0 Å². The molecular formula is C22H26N4. The Morgan fingerprint density at radius 2 is 1.77 bits per heavy atom. The van der Waals surface area contributed by atoms with Gasteiger partial charge in [-0.15, -0.1) is 0 Å². The van der Waals surface area contributed by atoms with Crippen molar-refractivity contribution in [2.45, 2.75) is 38.9 Å². The zero-order valence-corrected chi connectivity index (χ0v) is 15.5. The number of anilines is 1. The average Bonchev–Trinajstić information content (AvgIpc) is 3.26. The lowest BCUT2D eigenvalue weighted by Crippen LogP contribution is -2.52. The van der Waals surface area contributed by atoms with E-state index >= 15 is 0 Å². The first-order chi connectivity index (χ1) is 12.7. The fourth-order valence-corrected chi connectivity index (χ4v) is 5.16. The lowest BCUT2D eigenvalue weighted by Gasteiger charge is -2.39. The van der Waals surface area contributed by atoms with Crippen LogP contribution in [0.4, 0.5) is 5.82 Å². The van der Waals surface area contributed by atoms with E-state index in [2.05, 4.69) is 77.4 Å². The third-order valence-corrected chi connectivity index (χ3v) is 6.18. The van der Waals surface area contributed by atoms with E-state index in [4.69, 9.17) is 4.98 Å². The van der Waals surface area contributed by atoms with Gasteiger partial charge in [-0.2, -0.15) is 0 Å². The Morgan fingerprint density at radius 1 is 1.00 bits per heavy atom. The molecule has 0 radical (unpaired) electrons. The van der Waals surface area contributed by atoms with E-state index in [1.54, 1.807) is 0 Å². The highest BCUT2D eigenvalue weighted by Crippen LogP contribution is 2.54. The van der Waals surface area contributed by atoms with Crippen LogP contribution in [0.2, 0.25) is 0 Å². The van der Waals surface area contributed by atoms with E-state index in [-0.39, 0.29) is 5.41 Å². The van der Waals surface area contributed by atoms with Gasteiger partial charge in [-0.05, 0) is 42.2 Å². The van der Waals surface area contributed by atoms with Crippen molar-refractivity contribution >= 4 is 11.9 Å². The number of rotatable bonds is 2. The number of pyridine rings is 1. The van der Waals surface area contributed by atoms with Gasteiger partial charge in [0.25, 0.3) is 0 Å². The Hall–Kier alpha value is -2.33. The molecule has 2 atom stereocenters. The highest BCUT2D eigenvalue weighted by molar-refractivity contribution is 5.60. The summed E-state index contributed by atoms with van der Waals surface area (Å²) < 4.78 is 0. The van der Waals surface area contributed by atoms with Gasteiger partial charge in [0.05, 0.1) is 6.04 Å². The van der Waals surface area contributed by atoms with Gasteiger partial charge >= 0.3 is 0 Å². The van der Waals surface area contributed by atoms with Crippen molar-refractivity contribution in [1.82, 2.24) is 14.9 Å². The first-order valence-corrected chi connectivity index (χ1v) is 9.67. The molecule has 0 unspecified atom stereocenters. The van der Waals surface area contributed by atoms with Crippen LogP contribution in [0.3, 0.4) is 0 Å². The standard InChI is InChI=1S/C22H26N4/c1-22(2)20-18-10-4-3-9-17(18)12-16-25(20)26(19-11-5-6-13-23-19)21(22)24-14-7-8-15-24/h3-6,9-13,16,20-21H,7-8,14-15H2,1-2H3/t20-,21-/m0/s1. The van der Waals surface area contributed by atoms with Gasteiger partial charge in [0.1, 0.15) is 12.0 Å². The van der Waals surface area contributed by atoms with Gasteiger partial charge in [0, 0.05) is 30.9 Å². The number of hydrazine groups is 1. The maximum absolute atomic E-state index is 4.72. The fraction of sp³-hybridized carbons (Fsp3) is 0.409. The van der Waals surface area contributed by atoms with E-state index in [0.717, 1.165) is 5.82 Å². The summed E-state index contributed by atoms with van der Waals surface area (Å²) in [4.78, 5) is 7.37. The van der Waals surface area contributed by atoms with Gasteiger partial charge in [-0.25, -0.2) is 9.99 Å². The molecule has 0 saturated carbocycles. The number of nitrogens with zero attached hydrogens (tertiary/aromatic N) is 4. The van der Waals surface area contributed by atoms with Crippen LogP contribution in [0.5, 0.6) is 0 Å². The predicted octanol–water partition coefficient (Wildman–Crippen LogP) is 4.29. The molecule has 1 aromatic carbocycles. The van der Waals surface area contributed by atoms with Crippen molar-refractivity contribution in [2.24, 2.45) is 5.41 Å². The maximum atomic E-state index is 4.72. The van der Waals surface area contributed by atoms with E-state index in [1.807, 2.05) is 12.3 Å². The molecule has 0 spiro atoms. The average molecular weight is 346 g/mol. The van der Waals surface area contributed by atoms with E-state index in [9.17, 15) is 0 Å². The molecule has 4 heteroatoms. The van der Waals surface area contributed by atoms with Gasteiger partial charge < -0.3 is 0 Å². The Bertz CT molecular complexity index is 823. The van der Waals surface area contributed by atoms with Gasteiger partial charge in [-0.3, -0.25) is 9.91 Å². The number of fused-ring (bicyclic) bond motifs is 3. The monoisotopic (exact) mass is 346 g/mol. The van der Waals surface area contributed by atoms with Crippen molar-refractivity contribution in [3.8, 4) is 0 Å². The molecule has 0 bridgehead atoms. The molecule has 134 valence electrons. The molecule has 3 aliphatic heterocycles. The van der Waals surface area contributed by atoms with Crippen LogP contribution in [0.25, 0.3) is 6.08 Å². The second kappa shape index (κ2) is 5.85. The molecule has 4 heterocycles. The fourth-order valence-electron chi connectivity index (χ4n) is 5.16. The summed E-state index contributed by atoms with van der Waals surface area (Å²) in [7, 11) is 0. The molecule has 3 aliphatic rings. The minimum absolute atomic E-state index is 0.0721. The summed E-state index contributed by atoms with van der Waals surface area (Å²) in [5.74, 6) is 1.03. The third kappa shape index (κ3) is 2.21. The van der Waals surface area contributed by atoms with Crippen LogP contribution in [-0.4, -0.2) is 34.1 Å². The summed E-state index contributed by atoms with van der Waals surface area (Å²) in [6.45, 7) is 7.19. The highest BCUT2D eigenvalue weighted by atomic mass is 15.7. The first kappa shape index (κ1) is 15.9. The predicted molar refractivity (Wildman–Crippen MR) is 105 cm³/mol. The van der Waals surface area contributed by atoms with Gasteiger partial charge in [0.2, 0.25) is 0 Å². The summed E-state index contributed by atoms with van der Waals surface area (Å²) >= 11 is 0. The van der Waals surface area contributed by atoms with Crippen LogP contribution < -0.4 is 5.01 Å². The summed E-state index contributed by atoms with van der Waals surface area (Å²) in [5.41, 5.74) is 2.83. The van der Waals surface area contributed by atoms with Gasteiger partial charge in [0.15, 0.2) is 0 Å². The molecule has 5 rings (SSSR count). The van der Waals surface area contributed by atoms with E-state index in [1.165, 1.54) is 37.1 Å². The number of hydrogen-bond donors (Lipinski definition) is 0. The largest absolute Gasteiger partial charge is 0.282 e. The van der Waals surface area contributed by atoms with Crippen LogP contribution >= 0.6 is 0 Å². The third-order valence-electron chi connectivity index (χ3n) is 6.18. The zero-order chi connectivity index (χ0) is 17.7. The van der Waals surface area contributed by atoms with Crippen molar-refractivity contribution < 1.29 is 0 Å². The van der Waals surface area contributed by atoms with Crippen molar-refractivity contribution in [3.05, 3.63) is 66.0 Å². The topological polar surface area (TPSA) is 22.6 Å². The van der Waals surface area contributed by atoms with Crippen molar-refractivity contribution in [2.75, 3.05) is 18.1 Å². The summed E-state index contributed by atoms with van der Waals surface area (Å²) in [5, 5.41) is 4.86. The van der Waals surface area contributed by atoms with Crippen molar-refractivity contribution in [3.63, 3.8) is 0 Å². The minimum Gasteiger partial charge on any atom is -0.282 e. The maximum Gasteiger partial charge on any atom is 0.148 e. The smallest absolute Gasteiger partial charge is 0.148 e. The number of benzene rings is 1. The molecule has 2 saturated heterocycles. The number of hydrogen-bond acceptors (Lipinski definition) is 4. The van der Waals surface area contributed by atoms with E-state index in [0.29, 0.717) is 12.2 Å². The summed E-state index contributed by atoms with van der Waals surface area (Å²) in [6.07, 6.45) is 9.28. The highest BCUT2D eigenvalue weighted by Gasteiger charge is 2.56. The molecule has 4 nitrogen and oxygen atoms in total. The molecule has 2 fully saturated rings. The molecular weight excluding hydrogens is 320 g/mol. The first-order valence-electron chi connectivity index (χ1n) is 9.67. The second-order valence-electron chi connectivity index (χ2n) is 8.20. The summed E-state index contributed by atoms with van der Waals surface area (Å²) in [6, 6.07) is 15.4. The Balaban J connectivity index is 1.68. The Morgan fingerprint density at radius 3 is 2.54 bits per heavy atom. The van der Waals surface area contributed by atoms with Crippen LogP contribution in [0.15, 0.2) is 54.9 Å². The minimum atomic E-state index is 0.0721. The molecule has 1 aromatic heterocycles. The lowest BCUT2D eigenvalue weighted by molar-refractivity contribution is 0.127. The van der Waals surface area contributed by atoms with Crippen molar-refractivity contribution in [1.29, 1.82) is 0 Å². The lowest BCUT2D eigenvalue weighted by atomic mass is 9.76. The molecule has 2 aromatic rings. The zero-order valence-electron chi connectivity index (χ0n) is 15.5. The second-order valence-corrected chi connectivity index (χ2v) is 8.20. The molecule has 0 N–H and O–H groups in total. The number of aromatic nitrogens is 1. The SMILES string of the molecule is CC1(C)[C@@H]2c3ccccc3C=CN2N(c2ccccn2)[C@@H]1N1CCCC1. The van der Waals surface area contributed by atoms with Crippen LogP contribution in [0.1, 0.15) is 43.9 Å². The normalized spacial score (nSPS) is 26.8. The molecule has 0 amide bonds. The number of likely N-dealkylation sites (tertiary alicyclic amines) is 1. The molecule has 26 heavy (non-hydrogen) atoms. The molecule has 0 aliphatic carbocycles. The quantitative estimate of drug-likeness (QED) is 0.809. The van der Waals surface area contributed by atoms with Crippen LogP contribution in [0, 0.1) is 5.41 Å². The van der Waals surface area contributed by atoms with E-state index < -0.39 is 0 Å². The Kier molecular flexibility index (Phi) is 3.57. The Labute approximate surface area is 155 Å².